The minimum atomic E-state index is -0.999. The van der Waals surface area contributed by atoms with Crippen LogP contribution in [0.3, 0.4) is 0 Å². The first-order chi connectivity index (χ1) is 11.6. The fraction of sp³-hybridized carbons (Fsp3) is 0. The smallest absolute Gasteiger partial charge is 0.335 e. The third kappa shape index (κ3) is 3.58. The Bertz CT molecular complexity index is 897. The average molecular weight is 340 g/mol. The number of aromatic carboxylic acids is 1. The van der Waals surface area contributed by atoms with Gasteiger partial charge in [-0.3, -0.25) is 4.79 Å². The Kier molecular flexibility index (Phi) is 4.53. The topological polar surface area (TPSA) is 91.9 Å². The maximum atomic E-state index is 11.7. The van der Waals surface area contributed by atoms with Crippen LogP contribution in [0.25, 0.3) is 11.3 Å². The van der Waals surface area contributed by atoms with Crippen molar-refractivity contribution in [3.8, 4) is 11.3 Å². The Morgan fingerprint density at radius 2 is 2.04 bits per heavy atom. The number of hydrogen-bond donors (Lipinski definition) is 2. The summed E-state index contributed by atoms with van der Waals surface area (Å²) < 4.78 is 5.59. The van der Waals surface area contributed by atoms with Gasteiger partial charge in [0.15, 0.2) is 0 Å². The summed E-state index contributed by atoms with van der Waals surface area (Å²) in [6.07, 6.45) is 1.38. The highest BCUT2D eigenvalue weighted by atomic mass is 32.1. The molecule has 0 aliphatic carbocycles. The number of thiophene rings is 1. The van der Waals surface area contributed by atoms with E-state index < -0.39 is 5.97 Å². The van der Waals surface area contributed by atoms with Gasteiger partial charge in [0.2, 0.25) is 0 Å². The number of rotatable bonds is 5. The highest BCUT2D eigenvalue weighted by Crippen LogP contribution is 2.22. The van der Waals surface area contributed by atoms with E-state index in [-0.39, 0.29) is 11.5 Å². The number of nitrogens with zero attached hydrogens (tertiary/aromatic N) is 1. The number of furan rings is 1. The van der Waals surface area contributed by atoms with Crippen LogP contribution in [0.5, 0.6) is 0 Å². The monoisotopic (exact) mass is 340 g/mol. The Morgan fingerprint density at radius 1 is 1.17 bits per heavy atom. The minimum absolute atomic E-state index is 0.183. The Hall–Kier alpha value is -3.19. The van der Waals surface area contributed by atoms with E-state index in [4.69, 9.17) is 9.52 Å². The molecule has 0 bridgehead atoms. The van der Waals surface area contributed by atoms with E-state index in [0.717, 1.165) is 0 Å². The molecule has 0 spiro atoms. The SMILES string of the molecule is O=C(O)c1cccc(-c2ccc(/C=N\NC(=O)c3cccs3)o2)c1. The molecule has 0 saturated carbocycles. The lowest BCUT2D eigenvalue weighted by Gasteiger charge is -1.99. The molecule has 0 atom stereocenters. The molecule has 24 heavy (non-hydrogen) atoms. The summed E-state index contributed by atoms with van der Waals surface area (Å²) in [4.78, 5) is 23.3. The molecule has 2 N–H and O–H groups in total. The maximum absolute atomic E-state index is 11.7. The number of carboxylic acids is 1. The van der Waals surface area contributed by atoms with Crippen LogP contribution in [0.15, 0.2) is 63.4 Å². The number of benzene rings is 1. The van der Waals surface area contributed by atoms with Gasteiger partial charge >= 0.3 is 5.97 Å². The van der Waals surface area contributed by atoms with Gasteiger partial charge in [-0.15, -0.1) is 11.3 Å². The van der Waals surface area contributed by atoms with Crippen LogP contribution in [0.1, 0.15) is 25.8 Å². The van der Waals surface area contributed by atoms with Crippen molar-refractivity contribution in [2.45, 2.75) is 0 Å². The fourth-order valence-corrected chi connectivity index (χ4v) is 2.61. The molecular weight excluding hydrogens is 328 g/mol. The lowest BCUT2D eigenvalue weighted by molar-refractivity contribution is 0.0696. The molecule has 0 aliphatic rings. The number of carbonyl (C=O) groups excluding carboxylic acids is 1. The molecule has 3 aromatic rings. The Balaban J connectivity index is 1.69. The van der Waals surface area contributed by atoms with E-state index in [2.05, 4.69) is 10.5 Å². The van der Waals surface area contributed by atoms with Crippen molar-refractivity contribution in [1.29, 1.82) is 0 Å². The Labute approximate surface area is 141 Å². The summed E-state index contributed by atoms with van der Waals surface area (Å²) in [6, 6.07) is 13.3. The van der Waals surface area contributed by atoms with Gasteiger partial charge in [-0.1, -0.05) is 18.2 Å². The van der Waals surface area contributed by atoms with Gasteiger partial charge in [0.1, 0.15) is 11.5 Å². The summed E-state index contributed by atoms with van der Waals surface area (Å²) in [5.74, 6) is -0.329. The van der Waals surface area contributed by atoms with Gasteiger partial charge in [-0.05, 0) is 35.7 Å². The molecule has 3 rings (SSSR count). The van der Waals surface area contributed by atoms with E-state index in [9.17, 15) is 9.59 Å². The van der Waals surface area contributed by atoms with Gasteiger partial charge < -0.3 is 9.52 Å². The first-order valence-electron chi connectivity index (χ1n) is 6.94. The molecule has 2 aromatic heterocycles. The zero-order valence-electron chi connectivity index (χ0n) is 12.3. The highest BCUT2D eigenvalue weighted by molar-refractivity contribution is 7.12. The van der Waals surface area contributed by atoms with E-state index >= 15 is 0 Å². The predicted molar refractivity (Wildman–Crippen MR) is 90.5 cm³/mol. The van der Waals surface area contributed by atoms with Crippen molar-refractivity contribution in [2.24, 2.45) is 5.10 Å². The number of amides is 1. The van der Waals surface area contributed by atoms with E-state index in [0.29, 0.717) is 22.0 Å². The molecule has 0 aliphatic heterocycles. The number of nitrogens with one attached hydrogen (secondary N) is 1. The standard InChI is InChI=1S/C17H12N2O4S/c20-16(15-5-2-8-24-15)19-18-10-13-6-7-14(23-13)11-3-1-4-12(9-11)17(21)22/h1-10H,(H,19,20)(H,21,22)/b18-10-. The van der Waals surface area contributed by atoms with Crippen LogP contribution in [0.2, 0.25) is 0 Å². The van der Waals surface area contributed by atoms with Crippen LogP contribution in [-0.4, -0.2) is 23.2 Å². The first-order valence-corrected chi connectivity index (χ1v) is 7.82. The summed E-state index contributed by atoms with van der Waals surface area (Å²) in [7, 11) is 0. The molecule has 0 saturated heterocycles. The lowest BCUT2D eigenvalue weighted by atomic mass is 10.1. The summed E-state index contributed by atoms with van der Waals surface area (Å²) in [6.45, 7) is 0. The zero-order valence-corrected chi connectivity index (χ0v) is 13.1. The maximum Gasteiger partial charge on any atom is 0.335 e. The molecule has 2 heterocycles. The van der Waals surface area contributed by atoms with Gasteiger partial charge in [-0.25, -0.2) is 10.2 Å². The van der Waals surface area contributed by atoms with Crippen molar-refractivity contribution in [3.05, 3.63) is 70.1 Å². The van der Waals surface area contributed by atoms with E-state index in [1.807, 2.05) is 5.38 Å². The number of carbonyl (C=O) groups is 2. The van der Waals surface area contributed by atoms with Crippen molar-refractivity contribution >= 4 is 29.4 Å². The van der Waals surface area contributed by atoms with Gasteiger partial charge in [0.05, 0.1) is 16.7 Å². The van der Waals surface area contributed by atoms with Crippen LogP contribution in [-0.2, 0) is 0 Å². The van der Waals surface area contributed by atoms with Crippen molar-refractivity contribution in [1.82, 2.24) is 5.43 Å². The van der Waals surface area contributed by atoms with Crippen LogP contribution >= 0.6 is 11.3 Å². The first kappa shape index (κ1) is 15.7. The second kappa shape index (κ2) is 6.93. The summed E-state index contributed by atoms with van der Waals surface area (Å²) in [5, 5.41) is 14.7. The molecule has 0 radical (unpaired) electrons. The minimum Gasteiger partial charge on any atom is -0.478 e. The second-order valence-corrected chi connectivity index (χ2v) is 5.71. The number of carboxylic acid groups (broad SMARTS) is 1. The van der Waals surface area contributed by atoms with Crippen LogP contribution in [0.4, 0.5) is 0 Å². The second-order valence-electron chi connectivity index (χ2n) is 4.76. The number of hydrazone groups is 1. The highest BCUT2D eigenvalue weighted by Gasteiger charge is 2.08. The normalized spacial score (nSPS) is 10.8. The van der Waals surface area contributed by atoms with E-state index in [1.165, 1.54) is 29.7 Å². The molecule has 1 amide bonds. The van der Waals surface area contributed by atoms with Gasteiger partial charge in [-0.2, -0.15) is 5.10 Å². The van der Waals surface area contributed by atoms with Crippen molar-refractivity contribution in [3.63, 3.8) is 0 Å². The predicted octanol–water partition coefficient (Wildman–Crippen LogP) is 3.47. The van der Waals surface area contributed by atoms with Crippen molar-refractivity contribution in [2.75, 3.05) is 0 Å². The van der Waals surface area contributed by atoms with E-state index in [1.54, 1.807) is 36.4 Å². The molecule has 0 fully saturated rings. The molecular formula is C17H12N2O4S. The third-order valence-electron chi connectivity index (χ3n) is 3.12. The molecule has 120 valence electrons. The molecule has 6 nitrogen and oxygen atoms in total. The van der Waals surface area contributed by atoms with Crippen LogP contribution in [0, 0.1) is 0 Å². The average Bonchev–Trinajstić information content (AvgIpc) is 3.27. The lowest BCUT2D eigenvalue weighted by Crippen LogP contribution is -2.15. The molecule has 0 unspecified atom stereocenters. The number of hydrogen-bond acceptors (Lipinski definition) is 5. The largest absolute Gasteiger partial charge is 0.478 e. The quantitative estimate of drug-likeness (QED) is 0.549. The molecule has 7 heteroatoms. The van der Waals surface area contributed by atoms with Gasteiger partial charge in [0, 0.05) is 5.56 Å². The van der Waals surface area contributed by atoms with Crippen molar-refractivity contribution < 1.29 is 19.1 Å². The summed E-state index contributed by atoms with van der Waals surface area (Å²) >= 11 is 1.32. The third-order valence-corrected chi connectivity index (χ3v) is 3.99. The zero-order chi connectivity index (χ0) is 16.9. The fourth-order valence-electron chi connectivity index (χ4n) is 2.00. The van der Waals surface area contributed by atoms with Gasteiger partial charge in [0.25, 0.3) is 5.91 Å². The van der Waals surface area contributed by atoms with Crippen LogP contribution < -0.4 is 5.43 Å². The molecule has 1 aromatic carbocycles. The summed E-state index contributed by atoms with van der Waals surface area (Å²) in [5.41, 5.74) is 3.24. The Morgan fingerprint density at radius 3 is 2.79 bits per heavy atom.